The van der Waals surface area contributed by atoms with Gasteiger partial charge in [0.15, 0.2) is 0 Å². The van der Waals surface area contributed by atoms with Crippen molar-refractivity contribution in [2.24, 2.45) is 5.73 Å². The second-order valence-electron chi connectivity index (χ2n) is 4.55. The molecule has 1 aromatic rings. The zero-order chi connectivity index (χ0) is 14.4. The molecule has 0 spiro atoms. The van der Waals surface area contributed by atoms with E-state index in [2.05, 4.69) is 0 Å². The highest BCUT2D eigenvalue weighted by Crippen LogP contribution is 2.36. The number of Topliss-reactive ketones (excluding diaryl/α,β-unsaturated/α-hetero) is 1. The van der Waals surface area contributed by atoms with E-state index in [0.717, 1.165) is 12.1 Å². The minimum absolute atomic E-state index is 0.0936. The van der Waals surface area contributed by atoms with Gasteiger partial charge in [0, 0.05) is 0 Å². The van der Waals surface area contributed by atoms with Crippen molar-refractivity contribution in [2.75, 3.05) is 0 Å². The van der Waals surface area contributed by atoms with Crippen LogP contribution in [0, 0.1) is 0 Å². The number of carbonyl (C=O) groups excluding carboxylic acids is 1. The van der Waals surface area contributed by atoms with Gasteiger partial charge in [0.1, 0.15) is 5.76 Å². The van der Waals surface area contributed by atoms with Crippen molar-refractivity contribution in [3.63, 3.8) is 0 Å². The third-order valence-corrected chi connectivity index (χ3v) is 2.87. The van der Waals surface area contributed by atoms with Gasteiger partial charge in [0.05, 0.1) is 11.1 Å². The number of alkyl halides is 3. The molecular formula is C13H12F3NO2. The van der Waals surface area contributed by atoms with Crippen molar-refractivity contribution in [3.05, 3.63) is 41.2 Å². The van der Waals surface area contributed by atoms with Crippen LogP contribution in [0.15, 0.2) is 30.0 Å². The molecule has 3 nitrogen and oxygen atoms in total. The first kappa shape index (κ1) is 13.6. The first-order chi connectivity index (χ1) is 8.63. The molecule has 0 bridgehead atoms. The number of ketones is 1. The van der Waals surface area contributed by atoms with Crippen LogP contribution in [0.2, 0.25) is 0 Å². The van der Waals surface area contributed by atoms with E-state index in [0.29, 0.717) is 0 Å². The second-order valence-corrected chi connectivity index (χ2v) is 4.55. The Morgan fingerprint density at radius 2 is 1.95 bits per heavy atom. The highest BCUT2D eigenvalue weighted by Gasteiger charge is 2.42. The highest BCUT2D eigenvalue weighted by atomic mass is 19.4. The van der Waals surface area contributed by atoms with Crippen molar-refractivity contribution in [3.8, 4) is 0 Å². The van der Waals surface area contributed by atoms with Crippen LogP contribution in [0.5, 0.6) is 0 Å². The molecule has 1 unspecified atom stereocenters. The van der Waals surface area contributed by atoms with Crippen LogP contribution in [0.25, 0.3) is 5.57 Å². The summed E-state index contributed by atoms with van der Waals surface area (Å²) in [5.41, 5.74) is 3.54. The lowest BCUT2D eigenvalue weighted by Crippen LogP contribution is -2.43. The number of carbonyl (C=O) groups is 1. The number of ether oxygens (including phenoxy) is 1. The third-order valence-electron chi connectivity index (χ3n) is 2.87. The lowest BCUT2D eigenvalue weighted by molar-refractivity contribution is -0.137. The van der Waals surface area contributed by atoms with E-state index in [-0.39, 0.29) is 16.9 Å². The van der Waals surface area contributed by atoms with E-state index < -0.39 is 23.2 Å². The molecule has 0 amide bonds. The van der Waals surface area contributed by atoms with Gasteiger partial charge < -0.3 is 4.74 Å². The second kappa shape index (κ2) is 4.09. The predicted molar refractivity (Wildman–Crippen MR) is 62.7 cm³/mol. The Balaban J connectivity index is 2.50. The minimum atomic E-state index is -4.46. The maximum atomic E-state index is 12.6. The molecule has 102 valence electrons. The molecule has 1 aromatic carbocycles. The summed E-state index contributed by atoms with van der Waals surface area (Å²) in [7, 11) is 0. The summed E-state index contributed by atoms with van der Waals surface area (Å²) >= 11 is 0. The van der Waals surface area contributed by atoms with Crippen LogP contribution in [0.3, 0.4) is 0 Å². The molecule has 1 atom stereocenters. The molecule has 0 radical (unpaired) electrons. The number of allylic oxidation sites excluding steroid dienone is 1. The molecule has 19 heavy (non-hydrogen) atoms. The van der Waals surface area contributed by atoms with Gasteiger partial charge >= 0.3 is 6.18 Å². The monoisotopic (exact) mass is 271 g/mol. The fraction of sp³-hybridized carbons (Fsp3) is 0.308. The van der Waals surface area contributed by atoms with Crippen LogP contribution in [-0.2, 0) is 15.7 Å². The van der Waals surface area contributed by atoms with Crippen molar-refractivity contribution in [1.29, 1.82) is 0 Å². The van der Waals surface area contributed by atoms with Crippen molar-refractivity contribution in [1.82, 2.24) is 0 Å². The molecular weight excluding hydrogens is 259 g/mol. The van der Waals surface area contributed by atoms with E-state index in [4.69, 9.17) is 10.5 Å². The Labute approximate surface area is 107 Å². The number of halogens is 3. The Morgan fingerprint density at radius 1 is 1.32 bits per heavy atom. The van der Waals surface area contributed by atoms with E-state index in [1.54, 1.807) is 0 Å². The average molecular weight is 271 g/mol. The lowest BCUT2D eigenvalue weighted by Gasteiger charge is -2.16. The van der Waals surface area contributed by atoms with Crippen LogP contribution in [0.1, 0.15) is 25.0 Å². The van der Waals surface area contributed by atoms with Crippen molar-refractivity contribution in [2.45, 2.75) is 25.7 Å². The van der Waals surface area contributed by atoms with Gasteiger partial charge in [-0.2, -0.15) is 13.2 Å². The minimum Gasteiger partial charge on any atom is -0.469 e. The first-order valence-electron chi connectivity index (χ1n) is 5.54. The number of benzene rings is 1. The van der Waals surface area contributed by atoms with E-state index in [9.17, 15) is 18.0 Å². The van der Waals surface area contributed by atoms with E-state index in [1.165, 1.54) is 26.0 Å². The molecule has 1 aliphatic rings. The molecule has 0 fully saturated rings. The molecule has 6 heteroatoms. The zero-order valence-corrected chi connectivity index (χ0v) is 10.3. The molecule has 1 aliphatic heterocycles. The lowest BCUT2D eigenvalue weighted by atomic mass is 9.96. The van der Waals surface area contributed by atoms with Crippen LogP contribution >= 0.6 is 0 Å². The van der Waals surface area contributed by atoms with Crippen molar-refractivity contribution < 1.29 is 22.7 Å². The van der Waals surface area contributed by atoms with Crippen LogP contribution in [0.4, 0.5) is 13.2 Å². The SMILES string of the molecule is CC1=C(c2cccc(C(F)(F)F)c2)C(=O)C(C)(N)O1. The summed E-state index contributed by atoms with van der Waals surface area (Å²) in [6.45, 7) is 2.88. The van der Waals surface area contributed by atoms with Gasteiger partial charge in [-0.15, -0.1) is 0 Å². The maximum absolute atomic E-state index is 12.6. The summed E-state index contributed by atoms with van der Waals surface area (Å²) in [4.78, 5) is 12.0. The van der Waals surface area contributed by atoms with Gasteiger partial charge in [0.2, 0.25) is 11.5 Å². The fourth-order valence-electron chi connectivity index (χ4n) is 2.01. The quantitative estimate of drug-likeness (QED) is 0.854. The Hall–Kier alpha value is -1.82. The standard InChI is InChI=1S/C13H12F3NO2/c1-7-10(11(18)12(2,17)19-7)8-4-3-5-9(6-8)13(14,15)16/h3-6H,17H2,1-2H3. The summed E-state index contributed by atoms with van der Waals surface area (Å²) in [6.07, 6.45) is -4.46. The fourth-order valence-corrected chi connectivity index (χ4v) is 2.01. The first-order valence-corrected chi connectivity index (χ1v) is 5.54. The largest absolute Gasteiger partial charge is 0.469 e. The van der Waals surface area contributed by atoms with Gasteiger partial charge in [-0.1, -0.05) is 12.1 Å². The van der Waals surface area contributed by atoms with Gasteiger partial charge in [0.25, 0.3) is 0 Å². The Bertz CT molecular complexity index is 573. The zero-order valence-electron chi connectivity index (χ0n) is 10.3. The van der Waals surface area contributed by atoms with E-state index >= 15 is 0 Å². The Morgan fingerprint density at radius 3 is 2.42 bits per heavy atom. The van der Waals surface area contributed by atoms with Gasteiger partial charge in [-0.05, 0) is 31.5 Å². The van der Waals surface area contributed by atoms with Gasteiger partial charge in [-0.25, -0.2) is 0 Å². The molecule has 1 heterocycles. The average Bonchev–Trinajstić information content (AvgIpc) is 2.47. The smallest absolute Gasteiger partial charge is 0.416 e. The summed E-state index contributed by atoms with van der Waals surface area (Å²) in [5.74, 6) is -0.293. The molecule has 2 rings (SSSR count). The normalized spacial score (nSPS) is 23.8. The molecule has 2 N–H and O–H groups in total. The molecule has 0 saturated heterocycles. The number of hydrogen-bond donors (Lipinski definition) is 1. The number of hydrogen-bond acceptors (Lipinski definition) is 3. The number of rotatable bonds is 1. The van der Waals surface area contributed by atoms with Gasteiger partial charge in [-0.3, -0.25) is 10.5 Å². The topological polar surface area (TPSA) is 52.3 Å². The van der Waals surface area contributed by atoms with Crippen molar-refractivity contribution >= 4 is 11.4 Å². The molecule has 0 aromatic heterocycles. The highest BCUT2D eigenvalue weighted by molar-refractivity contribution is 6.26. The summed E-state index contributed by atoms with van der Waals surface area (Å²) < 4.78 is 43.1. The Kier molecular flexibility index (Phi) is 2.93. The molecule has 0 aliphatic carbocycles. The summed E-state index contributed by atoms with van der Waals surface area (Å²) in [6, 6.07) is 4.54. The maximum Gasteiger partial charge on any atom is 0.416 e. The predicted octanol–water partition coefficient (Wildman–Crippen LogP) is 2.71. The number of nitrogens with two attached hydrogens (primary N) is 1. The van der Waals surface area contributed by atoms with E-state index in [1.807, 2.05) is 0 Å². The molecule has 0 saturated carbocycles. The van der Waals surface area contributed by atoms with Crippen LogP contribution < -0.4 is 5.73 Å². The summed E-state index contributed by atoms with van der Waals surface area (Å²) in [5, 5.41) is 0. The third kappa shape index (κ3) is 2.35. The van der Waals surface area contributed by atoms with Crippen LogP contribution in [-0.4, -0.2) is 11.5 Å².